The molecule has 0 bridgehead atoms. The number of aliphatic hydroxyl groups is 1. The molecule has 2 aromatic heterocycles. The van der Waals surface area contributed by atoms with E-state index in [0.29, 0.717) is 23.4 Å². The molecule has 0 fully saturated rings. The number of nitrogens with zero attached hydrogens (tertiary/aromatic N) is 2. The van der Waals surface area contributed by atoms with Crippen LogP contribution >= 0.6 is 0 Å². The van der Waals surface area contributed by atoms with Gasteiger partial charge < -0.3 is 14.4 Å². The SMILES string of the molecule is CCC[Si](C)(C)c1c2c(nc3ccccc13)-c1cc3c(c(=O)n1C2)COC(=O)[C@]3(O)CC. The fourth-order valence-corrected chi connectivity index (χ4v) is 9.01. The van der Waals surface area contributed by atoms with E-state index in [2.05, 4.69) is 26.1 Å². The van der Waals surface area contributed by atoms with E-state index in [1.807, 2.05) is 18.2 Å². The van der Waals surface area contributed by atoms with Gasteiger partial charge in [0, 0.05) is 5.56 Å². The summed E-state index contributed by atoms with van der Waals surface area (Å²) in [5.74, 6) is -0.696. The highest BCUT2D eigenvalue weighted by molar-refractivity contribution is 6.91. The van der Waals surface area contributed by atoms with Gasteiger partial charge in [0.15, 0.2) is 5.60 Å². The minimum atomic E-state index is -1.82. The van der Waals surface area contributed by atoms with E-state index in [1.54, 1.807) is 17.6 Å². The van der Waals surface area contributed by atoms with Crippen molar-refractivity contribution in [3.05, 3.63) is 57.4 Å². The Bertz CT molecular complexity index is 1340. The summed E-state index contributed by atoms with van der Waals surface area (Å²) in [5, 5.41) is 13.6. The Labute approximate surface area is 187 Å². The van der Waals surface area contributed by atoms with Gasteiger partial charge in [0.1, 0.15) is 6.61 Å². The summed E-state index contributed by atoms with van der Waals surface area (Å²) in [4.78, 5) is 30.9. The lowest BCUT2D eigenvalue weighted by molar-refractivity contribution is -0.172. The maximum atomic E-state index is 13.5. The second-order valence-electron chi connectivity index (χ2n) is 9.57. The molecule has 4 heterocycles. The molecule has 0 amide bonds. The molecule has 5 rings (SSSR count). The highest BCUT2D eigenvalue weighted by Gasteiger charge is 2.45. The van der Waals surface area contributed by atoms with Gasteiger partial charge in [-0.15, -0.1) is 0 Å². The van der Waals surface area contributed by atoms with Gasteiger partial charge in [-0.2, -0.15) is 0 Å². The van der Waals surface area contributed by atoms with Crippen LogP contribution in [-0.4, -0.2) is 28.7 Å². The zero-order valence-corrected chi connectivity index (χ0v) is 20.0. The van der Waals surface area contributed by atoms with Crippen molar-refractivity contribution < 1.29 is 14.6 Å². The number of hydrogen-bond donors (Lipinski definition) is 1. The predicted octanol–water partition coefficient (Wildman–Crippen LogP) is 3.41. The van der Waals surface area contributed by atoms with Crippen LogP contribution in [0.3, 0.4) is 0 Å². The summed E-state index contributed by atoms with van der Waals surface area (Å²) < 4.78 is 6.93. The molecule has 0 saturated carbocycles. The number of hydrogen-bond acceptors (Lipinski definition) is 5. The first-order valence-corrected chi connectivity index (χ1v) is 14.5. The third-order valence-electron chi connectivity index (χ3n) is 7.15. The lowest BCUT2D eigenvalue weighted by Gasteiger charge is -2.31. The van der Waals surface area contributed by atoms with Crippen molar-refractivity contribution in [3.63, 3.8) is 0 Å². The lowest BCUT2D eigenvalue weighted by atomic mass is 9.86. The van der Waals surface area contributed by atoms with Crippen molar-refractivity contribution in [2.75, 3.05) is 0 Å². The van der Waals surface area contributed by atoms with Gasteiger partial charge >= 0.3 is 5.97 Å². The fraction of sp³-hybridized carbons (Fsp3) is 0.400. The first-order valence-electron chi connectivity index (χ1n) is 11.3. The van der Waals surface area contributed by atoms with Crippen LogP contribution in [0.4, 0.5) is 0 Å². The Morgan fingerprint density at radius 1 is 1.19 bits per heavy atom. The van der Waals surface area contributed by atoms with E-state index in [4.69, 9.17) is 9.72 Å². The van der Waals surface area contributed by atoms with Crippen LogP contribution < -0.4 is 10.7 Å². The number of aromatic nitrogens is 2. The second kappa shape index (κ2) is 7.12. The predicted molar refractivity (Wildman–Crippen MR) is 127 cm³/mol. The van der Waals surface area contributed by atoms with Crippen molar-refractivity contribution in [2.24, 2.45) is 0 Å². The van der Waals surface area contributed by atoms with Gasteiger partial charge in [0.05, 0.1) is 37.1 Å². The number of benzene rings is 1. The molecule has 1 N–H and O–H groups in total. The third-order valence-corrected chi connectivity index (χ3v) is 10.8. The lowest BCUT2D eigenvalue weighted by Crippen LogP contribution is -2.45. The van der Waals surface area contributed by atoms with Crippen LogP contribution in [0.25, 0.3) is 22.3 Å². The van der Waals surface area contributed by atoms with Crippen molar-refractivity contribution in [1.82, 2.24) is 9.55 Å². The van der Waals surface area contributed by atoms with Crippen LogP contribution in [0.15, 0.2) is 35.1 Å². The van der Waals surface area contributed by atoms with Gasteiger partial charge in [-0.25, -0.2) is 9.78 Å². The minimum absolute atomic E-state index is 0.107. The highest BCUT2D eigenvalue weighted by Crippen LogP contribution is 2.39. The molecule has 2 aliphatic heterocycles. The Kier molecular flexibility index (Phi) is 4.69. The fourth-order valence-electron chi connectivity index (χ4n) is 5.55. The Morgan fingerprint density at radius 2 is 1.94 bits per heavy atom. The van der Waals surface area contributed by atoms with Gasteiger partial charge in [-0.3, -0.25) is 4.79 Å². The molecule has 1 aromatic carbocycles. The normalized spacial score (nSPS) is 19.5. The molecule has 32 heavy (non-hydrogen) atoms. The van der Waals surface area contributed by atoms with Gasteiger partial charge in [-0.1, -0.05) is 57.6 Å². The number of esters is 1. The van der Waals surface area contributed by atoms with E-state index in [9.17, 15) is 14.7 Å². The van der Waals surface area contributed by atoms with Crippen molar-refractivity contribution in [1.29, 1.82) is 0 Å². The number of carbonyl (C=O) groups excluding carboxylic acids is 1. The molecule has 0 spiro atoms. The number of fused-ring (bicyclic) bond motifs is 5. The Morgan fingerprint density at radius 3 is 2.66 bits per heavy atom. The average Bonchev–Trinajstić information content (AvgIpc) is 3.13. The zero-order chi connectivity index (χ0) is 22.8. The molecule has 0 saturated heterocycles. The molecule has 0 aliphatic carbocycles. The molecular weight excluding hydrogens is 420 g/mol. The Balaban J connectivity index is 1.84. The van der Waals surface area contributed by atoms with Crippen molar-refractivity contribution in [2.45, 2.75) is 64.6 Å². The molecular formula is C25H28N2O4Si. The van der Waals surface area contributed by atoms with Gasteiger partial charge in [-0.05, 0) is 34.7 Å². The standard InChI is InChI=1S/C25H28N2O4Si/c1-5-11-32(3,4)22-15-9-7-8-10-19(15)26-21-16(22)13-27-20(21)12-18-17(23(27)28)14-31-24(29)25(18,30)6-2/h7-10,12,30H,5-6,11,13-14H2,1-4H3/t25-/m0/s1. The summed E-state index contributed by atoms with van der Waals surface area (Å²) in [5.41, 5.74) is 2.22. The summed E-state index contributed by atoms with van der Waals surface area (Å²) in [6.45, 7) is 9.06. The monoisotopic (exact) mass is 448 g/mol. The van der Waals surface area contributed by atoms with E-state index in [0.717, 1.165) is 29.2 Å². The van der Waals surface area contributed by atoms with Crippen LogP contribution in [0, 0.1) is 0 Å². The third kappa shape index (κ3) is 2.77. The van der Waals surface area contributed by atoms with Crippen LogP contribution in [0.1, 0.15) is 43.4 Å². The van der Waals surface area contributed by atoms with Gasteiger partial charge in [0.2, 0.25) is 0 Å². The van der Waals surface area contributed by atoms with E-state index < -0.39 is 19.6 Å². The van der Waals surface area contributed by atoms with E-state index >= 15 is 0 Å². The number of ether oxygens (including phenoxy) is 1. The van der Waals surface area contributed by atoms with Crippen LogP contribution in [-0.2, 0) is 28.3 Å². The number of carbonyl (C=O) groups is 1. The number of pyridine rings is 2. The summed E-state index contributed by atoms with van der Waals surface area (Å²) in [6.07, 6.45) is 1.25. The maximum Gasteiger partial charge on any atom is 0.343 e. The molecule has 166 valence electrons. The second-order valence-corrected chi connectivity index (χ2v) is 14.3. The molecule has 2 aliphatic rings. The molecule has 6 nitrogen and oxygen atoms in total. The minimum Gasteiger partial charge on any atom is -0.458 e. The van der Waals surface area contributed by atoms with E-state index in [1.165, 1.54) is 10.6 Å². The molecule has 1 atom stereocenters. The topological polar surface area (TPSA) is 81.4 Å². The molecule has 7 heteroatoms. The van der Waals surface area contributed by atoms with Crippen molar-refractivity contribution >= 4 is 30.1 Å². The molecule has 0 radical (unpaired) electrons. The number of para-hydroxylation sites is 1. The summed E-state index contributed by atoms with van der Waals surface area (Å²) in [6, 6.07) is 11.1. The smallest absolute Gasteiger partial charge is 0.343 e. The summed E-state index contributed by atoms with van der Waals surface area (Å²) >= 11 is 0. The number of rotatable bonds is 4. The van der Waals surface area contributed by atoms with Crippen LogP contribution in [0.5, 0.6) is 0 Å². The first kappa shape index (κ1) is 21.1. The maximum absolute atomic E-state index is 13.5. The average molecular weight is 449 g/mol. The highest BCUT2D eigenvalue weighted by atomic mass is 28.3. The quantitative estimate of drug-likeness (QED) is 0.382. The Hall–Kier alpha value is -2.77. The number of cyclic esters (lactones) is 1. The van der Waals surface area contributed by atoms with E-state index in [-0.39, 0.29) is 18.6 Å². The molecule has 3 aromatic rings. The summed E-state index contributed by atoms with van der Waals surface area (Å²) in [7, 11) is -1.82. The first-order chi connectivity index (χ1) is 15.2. The van der Waals surface area contributed by atoms with Gasteiger partial charge in [0.25, 0.3) is 5.56 Å². The van der Waals surface area contributed by atoms with Crippen LogP contribution in [0.2, 0.25) is 19.1 Å². The molecule has 0 unspecified atom stereocenters. The zero-order valence-electron chi connectivity index (χ0n) is 19.0. The largest absolute Gasteiger partial charge is 0.458 e. The van der Waals surface area contributed by atoms with Crippen molar-refractivity contribution in [3.8, 4) is 11.4 Å².